The molecule has 1 amide bonds. The van der Waals surface area contributed by atoms with Crippen molar-refractivity contribution in [3.8, 4) is 5.69 Å². The molecular weight excluding hydrogens is 442 g/mol. The molecule has 0 spiro atoms. The number of carbonyl (C=O) groups is 2. The summed E-state index contributed by atoms with van der Waals surface area (Å²) in [6, 6.07) is 11.3. The minimum absolute atomic E-state index is 0.0499. The molecule has 1 saturated heterocycles. The van der Waals surface area contributed by atoms with Crippen molar-refractivity contribution < 1.29 is 27.2 Å². The minimum Gasteiger partial charge on any atom is -0.368 e. The van der Waals surface area contributed by atoms with E-state index in [1.165, 1.54) is 11.8 Å². The average molecular weight is 461 g/mol. The average Bonchev–Trinajstić information content (AvgIpc) is 3.25. The number of ketones is 1. The Kier molecular flexibility index (Phi) is 5.88. The number of amides is 1. The van der Waals surface area contributed by atoms with Crippen LogP contribution in [0, 0.1) is 5.82 Å². The van der Waals surface area contributed by atoms with Crippen molar-refractivity contribution in [3.05, 3.63) is 71.3 Å². The lowest BCUT2D eigenvalue weighted by molar-refractivity contribution is -0.143. The summed E-state index contributed by atoms with van der Waals surface area (Å²) in [7, 11) is 0. The molecule has 0 N–H and O–H groups in total. The number of carbonyl (C=O) groups excluding carboxylic acids is 2. The maximum absolute atomic E-state index is 13.8. The van der Waals surface area contributed by atoms with Gasteiger partial charge in [-0.25, -0.2) is 9.07 Å². The van der Waals surface area contributed by atoms with Gasteiger partial charge >= 0.3 is 6.18 Å². The zero-order chi connectivity index (χ0) is 23.8. The Bertz CT molecular complexity index is 1160. The Labute approximate surface area is 186 Å². The van der Waals surface area contributed by atoms with E-state index in [2.05, 4.69) is 10.3 Å². The third kappa shape index (κ3) is 4.57. The predicted octanol–water partition coefficient (Wildman–Crippen LogP) is 3.59. The van der Waals surface area contributed by atoms with Crippen LogP contribution in [0.3, 0.4) is 0 Å². The molecule has 0 atom stereocenters. The number of halogens is 4. The molecule has 7 nitrogen and oxygen atoms in total. The monoisotopic (exact) mass is 461 g/mol. The highest BCUT2D eigenvalue weighted by Gasteiger charge is 2.43. The zero-order valence-electron chi connectivity index (χ0n) is 17.5. The number of hydrogen-bond acceptors (Lipinski definition) is 5. The van der Waals surface area contributed by atoms with Crippen LogP contribution in [0.25, 0.3) is 5.69 Å². The molecule has 11 heteroatoms. The zero-order valence-corrected chi connectivity index (χ0v) is 17.5. The van der Waals surface area contributed by atoms with Gasteiger partial charge in [0.25, 0.3) is 5.91 Å². The van der Waals surface area contributed by atoms with Crippen LogP contribution in [-0.4, -0.2) is 57.8 Å². The number of aromatic nitrogens is 3. The first-order valence-corrected chi connectivity index (χ1v) is 10.1. The summed E-state index contributed by atoms with van der Waals surface area (Å²) in [5.41, 5.74) is -0.733. The second-order valence-corrected chi connectivity index (χ2v) is 7.55. The van der Waals surface area contributed by atoms with Gasteiger partial charge in [-0.2, -0.15) is 13.2 Å². The molecule has 1 aliphatic rings. The van der Waals surface area contributed by atoms with Gasteiger partial charge in [-0.05, 0) is 55.5 Å². The van der Waals surface area contributed by atoms with Crippen LogP contribution in [0.4, 0.5) is 23.2 Å². The number of hydrogen-bond donors (Lipinski definition) is 0. The predicted molar refractivity (Wildman–Crippen MR) is 111 cm³/mol. The molecule has 4 rings (SSSR count). The number of piperazine rings is 1. The largest absolute Gasteiger partial charge is 0.435 e. The topological polar surface area (TPSA) is 71.3 Å². The van der Waals surface area contributed by atoms with Gasteiger partial charge in [0, 0.05) is 37.4 Å². The number of alkyl halides is 3. The maximum Gasteiger partial charge on any atom is 0.435 e. The van der Waals surface area contributed by atoms with Crippen molar-refractivity contribution in [2.75, 3.05) is 31.1 Å². The van der Waals surface area contributed by atoms with E-state index in [0.717, 1.165) is 30.0 Å². The lowest BCUT2D eigenvalue weighted by Crippen LogP contribution is -2.49. The molecule has 0 unspecified atom stereocenters. The summed E-state index contributed by atoms with van der Waals surface area (Å²) in [4.78, 5) is 27.6. The highest BCUT2D eigenvalue weighted by molar-refractivity contribution is 5.94. The van der Waals surface area contributed by atoms with Crippen LogP contribution in [0.15, 0.2) is 48.5 Å². The normalized spacial score (nSPS) is 14.5. The van der Waals surface area contributed by atoms with Crippen LogP contribution in [-0.2, 0) is 6.18 Å². The van der Waals surface area contributed by atoms with Crippen molar-refractivity contribution in [1.82, 2.24) is 19.9 Å². The van der Waals surface area contributed by atoms with E-state index in [9.17, 15) is 27.2 Å². The van der Waals surface area contributed by atoms with Crippen LogP contribution in [0.2, 0.25) is 0 Å². The first kappa shape index (κ1) is 22.4. The second-order valence-electron chi connectivity index (χ2n) is 7.55. The quantitative estimate of drug-likeness (QED) is 0.439. The number of nitrogens with zero attached hydrogens (tertiary/aromatic N) is 5. The molecule has 33 heavy (non-hydrogen) atoms. The fraction of sp³-hybridized carbons (Fsp3) is 0.273. The van der Waals surface area contributed by atoms with Crippen molar-refractivity contribution >= 4 is 17.4 Å². The van der Waals surface area contributed by atoms with E-state index in [1.807, 2.05) is 4.90 Å². The number of rotatable bonds is 4. The van der Waals surface area contributed by atoms with Crippen LogP contribution in [0.1, 0.15) is 33.5 Å². The van der Waals surface area contributed by atoms with Gasteiger partial charge in [0.2, 0.25) is 0 Å². The summed E-state index contributed by atoms with van der Waals surface area (Å²) in [5, 5.41) is 7.04. The van der Waals surface area contributed by atoms with Gasteiger partial charge in [0.1, 0.15) is 5.82 Å². The summed E-state index contributed by atoms with van der Waals surface area (Å²) in [5.74, 6) is -1.54. The third-order valence-electron chi connectivity index (χ3n) is 5.42. The fourth-order valence-electron chi connectivity index (χ4n) is 3.67. The van der Waals surface area contributed by atoms with Gasteiger partial charge in [-0.1, -0.05) is 5.21 Å². The van der Waals surface area contributed by atoms with E-state index < -0.39 is 29.3 Å². The van der Waals surface area contributed by atoms with Crippen molar-refractivity contribution in [2.24, 2.45) is 0 Å². The van der Waals surface area contributed by atoms with Crippen molar-refractivity contribution in [3.63, 3.8) is 0 Å². The number of benzene rings is 2. The fourth-order valence-corrected chi connectivity index (χ4v) is 3.67. The molecule has 2 heterocycles. The first-order chi connectivity index (χ1) is 15.6. The lowest BCUT2D eigenvalue weighted by Gasteiger charge is -2.36. The molecular formula is C22H19F4N5O2. The molecule has 0 saturated carbocycles. The third-order valence-corrected chi connectivity index (χ3v) is 5.42. The standard InChI is InChI=1S/C22H19F4N5O2/c1-14(32)15-2-6-17(7-3-15)29-10-12-30(13-11-29)21(33)19-20(22(24,25)26)31(28-27-19)18-8-4-16(23)5-9-18/h2-9H,10-13H2,1H3. The smallest absolute Gasteiger partial charge is 0.368 e. The van der Waals surface area contributed by atoms with Gasteiger partial charge in [-0.3, -0.25) is 9.59 Å². The van der Waals surface area contributed by atoms with Crippen LogP contribution >= 0.6 is 0 Å². The lowest BCUT2D eigenvalue weighted by atomic mass is 10.1. The Morgan fingerprint density at radius 3 is 2.00 bits per heavy atom. The van der Waals surface area contributed by atoms with Crippen molar-refractivity contribution in [1.29, 1.82) is 0 Å². The second kappa shape index (κ2) is 8.64. The number of Topliss-reactive ketones (excluding diaryl/α,β-unsaturated/α-hetero) is 1. The van der Waals surface area contributed by atoms with Crippen molar-refractivity contribution in [2.45, 2.75) is 13.1 Å². The first-order valence-electron chi connectivity index (χ1n) is 10.1. The van der Waals surface area contributed by atoms with Crippen LogP contribution < -0.4 is 4.90 Å². The molecule has 172 valence electrons. The molecule has 1 aromatic heterocycles. The van der Waals surface area contributed by atoms with Gasteiger partial charge in [-0.15, -0.1) is 5.10 Å². The van der Waals surface area contributed by atoms with Crippen LogP contribution in [0.5, 0.6) is 0 Å². The summed E-state index contributed by atoms with van der Waals surface area (Å²) < 4.78 is 55.2. The molecule has 0 radical (unpaired) electrons. The minimum atomic E-state index is -4.90. The Balaban J connectivity index is 1.53. The Morgan fingerprint density at radius 1 is 0.879 bits per heavy atom. The highest BCUT2D eigenvalue weighted by Crippen LogP contribution is 2.33. The van der Waals surface area contributed by atoms with E-state index in [1.54, 1.807) is 24.3 Å². The molecule has 0 aliphatic carbocycles. The van der Waals surface area contributed by atoms with E-state index in [4.69, 9.17) is 0 Å². The summed E-state index contributed by atoms with van der Waals surface area (Å²) in [6.45, 7) is 2.65. The van der Waals surface area contributed by atoms with Gasteiger partial charge in [0.15, 0.2) is 17.2 Å². The van der Waals surface area contributed by atoms with E-state index in [-0.39, 0.29) is 24.6 Å². The van der Waals surface area contributed by atoms with Gasteiger partial charge in [0.05, 0.1) is 5.69 Å². The Morgan fingerprint density at radius 2 is 1.45 bits per heavy atom. The molecule has 2 aromatic carbocycles. The van der Waals surface area contributed by atoms with E-state index >= 15 is 0 Å². The van der Waals surface area contributed by atoms with E-state index in [0.29, 0.717) is 23.3 Å². The summed E-state index contributed by atoms with van der Waals surface area (Å²) >= 11 is 0. The molecule has 3 aromatic rings. The molecule has 0 bridgehead atoms. The highest BCUT2D eigenvalue weighted by atomic mass is 19.4. The number of anilines is 1. The molecule has 1 aliphatic heterocycles. The maximum atomic E-state index is 13.8. The molecule has 1 fully saturated rings. The SMILES string of the molecule is CC(=O)c1ccc(N2CCN(C(=O)c3nnn(-c4ccc(F)cc4)c3C(F)(F)F)CC2)cc1. The van der Waals surface area contributed by atoms with Gasteiger partial charge < -0.3 is 9.80 Å². The summed E-state index contributed by atoms with van der Waals surface area (Å²) in [6.07, 6.45) is -4.90. The Hall–Kier alpha value is -3.76.